The van der Waals surface area contributed by atoms with E-state index in [4.69, 9.17) is 0 Å². The second kappa shape index (κ2) is 5.79. The van der Waals surface area contributed by atoms with Gasteiger partial charge in [-0.2, -0.15) is 0 Å². The second-order valence-corrected chi connectivity index (χ2v) is 8.17. The minimum atomic E-state index is -0.0123. The molecule has 0 saturated carbocycles. The molecule has 0 amide bonds. The number of aromatic hydroxyl groups is 1. The lowest BCUT2D eigenvalue weighted by Crippen LogP contribution is -2.22. The Hall–Kier alpha value is -0.980. The molecule has 114 valence electrons. The molecule has 0 aliphatic rings. The molecule has 1 unspecified atom stereocenters. The van der Waals surface area contributed by atoms with E-state index in [2.05, 4.69) is 67.5 Å². The van der Waals surface area contributed by atoms with Crippen molar-refractivity contribution in [1.82, 2.24) is 0 Å². The maximum absolute atomic E-state index is 10.5. The monoisotopic (exact) mass is 276 g/mol. The zero-order valence-corrected chi connectivity index (χ0v) is 14.6. The Kier molecular flexibility index (Phi) is 4.94. The van der Waals surface area contributed by atoms with Crippen LogP contribution in [0, 0.1) is 18.3 Å². The minimum absolute atomic E-state index is 0.0123. The third kappa shape index (κ3) is 3.77. The lowest BCUT2D eigenvalue weighted by atomic mass is 9.74. The largest absolute Gasteiger partial charge is 0.507 e. The van der Waals surface area contributed by atoms with E-state index in [0.717, 1.165) is 17.5 Å². The summed E-state index contributed by atoms with van der Waals surface area (Å²) in [5.41, 5.74) is 3.68. The maximum Gasteiger partial charge on any atom is 0.122 e. The van der Waals surface area contributed by atoms with Crippen LogP contribution in [0.25, 0.3) is 0 Å². The highest BCUT2D eigenvalue weighted by Crippen LogP contribution is 2.37. The van der Waals surface area contributed by atoms with Crippen LogP contribution < -0.4 is 0 Å². The van der Waals surface area contributed by atoms with Crippen LogP contribution in [0.2, 0.25) is 0 Å². The highest BCUT2D eigenvalue weighted by Gasteiger charge is 2.25. The van der Waals surface area contributed by atoms with E-state index in [1.807, 2.05) is 0 Å². The first kappa shape index (κ1) is 17.1. The minimum Gasteiger partial charge on any atom is -0.507 e. The molecule has 0 aromatic heterocycles. The van der Waals surface area contributed by atoms with Crippen molar-refractivity contribution in [3.8, 4) is 5.75 Å². The van der Waals surface area contributed by atoms with Crippen molar-refractivity contribution in [3.05, 3.63) is 28.8 Å². The molecule has 20 heavy (non-hydrogen) atoms. The molecule has 0 aliphatic carbocycles. The van der Waals surface area contributed by atoms with Gasteiger partial charge < -0.3 is 5.11 Å². The van der Waals surface area contributed by atoms with Crippen molar-refractivity contribution < 1.29 is 5.11 Å². The van der Waals surface area contributed by atoms with Crippen molar-refractivity contribution in [2.45, 2.75) is 73.6 Å². The third-order valence-electron chi connectivity index (χ3n) is 4.54. The number of benzene rings is 1. The Bertz CT molecular complexity index is 458. The summed E-state index contributed by atoms with van der Waals surface area (Å²) in [7, 11) is 0. The quantitative estimate of drug-likeness (QED) is 0.760. The SMILES string of the molecule is CCC(Cc1ccc(C(C)(C)C)c(O)c1C)C(C)(C)C. The van der Waals surface area contributed by atoms with Crippen LogP contribution in [0.3, 0.4) is 0 Å². The van der Waals surface area contributed by atoms with E-state index in [9.17, 15) is 5.11 Å². The molecule has 1 aromatic carbocycles. The van der Waals surface area contributed by atoms with Gasteiger partial charge in [0.15, 0.2) is 0 Å². The second-order valence-electron chi connectivity index (χ2n) is 8.17. The van der Waals surface area contributed by atoms with E-state index in [-0.39, 0.29) is 5.41 Å². The van der Waals surface area contributed by atoms with Crippen LogP contribution in [0.1, 0.15) is 71.6 Å². The molecule has 0 radical (unpaired) electrons. The first-order valence-corrected chi connectivity index (χ1v) is 7.80. The van der Waals surface area contributed by atoms with Gasteiger partial charge in [-0.25, -0.2) is 0 Å². The van der Waals surface area contributed by atoms with Gasteiger partial charge in [-0.3, -0.25) is 0 Å². The number of rotatable bonds is 3. The van der Waals surface area contributed by atoms with E-state index in [1.165, 1.54) is 12.0 Å². The Morgan fingerprint density at radius 1 is 1.05 bits per heavy atom. The fraction of sp³-hybridized carbons (Fsp3) is 0.684. The predicted molar refractivity (Wildman–Crippen MR) is 88.5 cm³/mol. The van der Waals surface area contributed by atoms with E-state index < -0.39 is 0 Å². The summed E-state index contributed by atoms with van der Waals surface area (Å²) >= 11 is 0. The van der Waals surface area contributed by atoms with Crippen LogP contribution in [0.4, 0.5) is 0 Å². The highest BCUT2D eigenvalue weighted by molar-refractivity contribution is 5.47. The van der Waals surface area contributed by atoms with Gasteiger partial charge >= 0.3 is 0 Å². The molecular formula is C19H32O. The summed E-state index contributed by atoms with van der Waals surface area (Å²) in [4.78, 5) is 0. The summed E-state index contributed by atoms with van der Waals surface area (Å²) in [6, 6.07) is 4.32. The van der Waals surface area contributed by atoms with Gasteiger partial charge in [-0.05, 0) is 46.8 Å². The molecule has 0 spiro atoms. The third-order valence-corrected chi connectivity index (χ3v) is 4.54. The fourth-order valence-electron chi connectivity index (χ4n) is 2.90. The molecule has 0 aliphatic heterocycles. The average Bonchev–Trinajstić information content (AvgIpc) is 2.27. The van der Waals surface area contributed by atoms with Crippen LogP contribution in [0.15, 0.2) is 12.1 Å². The van der Waals surface area contributed by atoms with Gasteiger partial charge in [0.1, 0.15) is 5.75 Å². The number of hydrogen-bond acceptors (Lipinski definition) is 1. The molecule has 1 rings (SSSR count). The van der Waals surface area contributed by atoms with Gasteiger partial charge in [0.05, 0.1) is 0 Å². The molecule has 1 atom stereocenters. The molecular weight excluding hydrogens is 244 g/mol. The predicted octanol–water partition coefficient (Wildman–Crippen LogP) is 5.61. The van der Waals surface area contributed by atoms with Crippen LogP contribution in [0.5, 0.6) is 5.75 Å². The van der Waals surface area contributed by atoms with Crippen molar-refractivity contribution in [1.29, 1.82) is 0 Å². The Balaban J connectivity index is 3.14. The first-order valence-electron chi connectivity index (χ1n) is 7.80. The molecule has 0 saturated heterocycles. The molecule has 0 fully saturated rings. The van der Waals surface area contributed by atoms with Gasteiger partial charge in [-0.1, -0.05) is 67.0 Å². The number of phenols is 1. The maximum atomic E-state index is 10.5. The van der Waals surface area contributed by atoms with Crippen LogP contribution in [-0.4, -0.2) is 5.11 Å². The van der Waals surface area contributed by atoms with Crippen molar-refractivity contribution in [2.24, 2.45) is 11.3 Å². The lowest BCUT2D eigenvalue weighted by molar-refractivity contribution is 0.231. The molecule has 1 N–H and O–H groups in total. The molecule has 1 nitrogen and oxygen atoms in total. The van der Waals surface area contributed by atoms with Gasteiger partial charge in [0.2, 0.25) is 0 Å². The Morgan fingerprint density at radius 3 is 2.00 bits per heavy atom. The van der Waals surface area contributed by atoms with Crippen LogP contribution in [-0.2, 0) is 11.8 Å². The Labute approximate surface area is 125 Å². The summed E-state index contributed by atoms with van der Waals surface area (Å²) in [6.07, 6.45) is 2.22. The van der Waals surface area contributed by atoms with Gasteiger partial charge in [-0.15, -0.1) is 0 Å². The van der Waals surface area contributed by atoms with Crippen LogP contribution >= 0.6 is 0 Å². The molecule has 0 heterocycles. The number of phenolic OH excluding ortho intramolecular Hbond substituents is 1. The summed E-state index contributed by atoms with van der Waals surface area (Å²) in [6.45, 7) is 17.7. The number of hydrogen-bond donors (Lipinski definition) is 1. The normalized spacial score (nSPS) is 14.4. The Morgan fingerprint density at radius 2 is 1.60 bits per heavy atom. The first-order chi connectivity index (χ1) is 8.98. The van der Waals surface area contributed by atoms with Crippen molar-refractivity contribution in [2.75, 3.05) is 0 Å². The van der Waals surface area contributed by atoms with Gasteiger partial charge in [0, 0.05) is 0 Å². The van der Waals surface area contributed by atoms with E-state index >= 15 is 0 Å². The summed E-state index contributed by atoms with van der Waals surface area (Å²) in [5, 5.41) is 10.5. The lowest BCUT2D eigenvalue weighted by Gasteiger charge is -2.31. The standard InChI is InChI=1S/C19H32O/c1-9-15(18(3,4)5)12-14-10-11-16(19(6,7)8)17(20)13(14)2/h10-11,15,20H,9,12H2,1-8H3. The van der Waals surface area contributed by atoms with E-state index in [1.54, 1.807) is 0 Å². The molecule has 0 bridgehead atoms. The van der Waals surface area contributed by atoms with Gasteiger partial charge in [0.25, 0.3) is 0 Å². The highest BCUT2D eigenvalue weighted by atomic mass is 16.3. The van der Waals surface area contributed by atoms with E-state index in [0.29, 0.717) is 17.1 Å². The fourth-order valence-corrected chi connectivity index (χ4v) is 2.90. The van der Waals surface area contributed by atoms with Crippen molar-refractivity contribution in [3.63, 3.8) is 0 Å². The zero-order chi connectivity index (χ0) is 15.7. The smallest absolute Gasteiger partial charge is 0.122 e. The zero-order valence-electron chi connectivity index (χ0n) is 14.6. The van der Waals surface area contributed by atoms with Crippen molar-refractivity contribution >= 4 is 0 Å². The molecule has 1 heteroatoms. The molecule has 1 aromatic rings. The summed E-state index contributed by atoms with van der Waals surface area (Å²) < 4.78 is 0. The topological polar surface area (TPSA) is 20.2 Å². The summed E-state index contributed by atoms with van der Waals surface area (Å²) in [5.74, 6) is 1.12. The average molecular weight is 276 g/mol.